The van der Waals surface area contributed by atoms with E-state index in [1.807, 2.05) is 42.5 Å². The average Bonchev–Trinajstić information content (AvgIpc) is 2.45. The molecule has 0 aliphatic rings. The molecule has 0 aliphatic carbocycles. The van der Waals surface area contributed by atoms with E-state index in [1.54, 1.807) is 4.90 Å². The Morgan fingerprint density at radius 2 is 1.84 bits per heavy atom. The van der Waals surface area contributed by atoms with Crippen LogP contribution in [0.15, 0.2) is 30.3 Å². The molecule has 0 aliphatic heterocycles. The van der Waals surface area contributed by atoms with Crippen LogP contribution in [0.5, 0.6) is 0 Å². The number of anilines is 1. The highest BCUT2D eigenvalue weighted by Crippen LogP contribution is 2.23. The number of aromatic nitrogens is 1. The third kappa shape index (κ3) is 2.62. The number of aliphatic hydroxyl groups is 1. The summed E-state index contributed by atoms with van der Waals surface area (Å²) in [6.45, 7) is -0.0572. The molecule has 2 aromatic rings. The molecule has 0 unspecified atom stereocenters. The van der Waals surface area contributed by atoms with Crippen LogP contribution >= 0.6 is 0 Å². The van der Waals surface area contributed by atoms with Crippen molar-refractivity contribution in [2.45, 2.75) is 6.61 Å². The molecular formula is C14H12N4O. The lowest BCUT2D eigenvalue weighted by atomic mass is 10.1. The van der Waals surface area contributed by atoms with Crippen LogP contribution in [-0.4, -0.2) is 23.2 Å². The van der Waals surface area contributed by atoms with E-state index in [0.29, 0.717) is 11.4 Å². The van der Waals surface area contributed by atoms with Gasteiger partial charge >= 0.3 is 0 Å². The summed E-state index contributed by atoms with van der Waals surface area (Å²) >= 11 is 0. The quantitative estimate of drug-likeness (QED) is 0.835. The number of nitriles is 2. The molecule has 1 N–H and O–H groups in total. The summed E-state index contributed by atoms with van der Waals surface area (Å²) in [7, 11) is 0. The van der Waals surface area contributed by atoms with E-state index >= 15 is 0 Å². The molecule has 1 aromatic heterocycles. The van der Waals surface area contributed by atoms with Gasteiger partial charge < -0.3 is 10.0 Å². The Morgan fingerprint density at radius 1 is 1.16 bits per heavy atom. The molecule has 5 nitrogen and oxygen atoms in total. The fraction of sp³-hybridized carbons (Fsp3) is 0.214. The van der Waals surface area contributed by atoms with Crippen molar-refractivity contribution in [1.29, 1.82) is 10.5 Å². The van der Waals surface area contributed by atoms with Crippen molar-refractivity contribution in [1.82, 2.24) is 4.98 Å². The highest BCUT2D eigenvalue weighted by Gasteiger charge is 2.13. The summed E-state index contributed by atoms with van der Waals surface area (Å²) < 4.78 is 0. The van der Waals surface area contributed by atoms with Gasteiger partial charge in [-0.3, -0.25) is 0 Å². The van der Waals surface area contributed by atoms with Gasteiger partial charge in [-0.15, -0.1) is 0 Å². The number of pyridine rings is 1. The van der Waals surface area contributed by atoms with Gasteiger partial charge in [-0.05, 0) is 12.1 Å². The summed E-state index contributed by atoms with van der Waals surface area (Å²) in [5.41, 5.74) is 1.39. The second-order valence-corrected chi connectivity index (χ2v) is 3.99. The summed E-state index contributed by atoms with van der Waals surface area (Å²) in [6.07, 6.45) is 0. The molecule has 0 atom stereocenters. The van der Waals surface area contributed by atoms with Crippen molar-refractivity contribution in [2.75, 3.05) is 18.0 Å². The van der Waals surface area contributed by atoms with Crippen molar-refractivity contribution < 1.29 is 5.11 Å². The number of nitrogens with zero attached hydrogens (tertiary/aromatic N) is 4. The van der Waals surface area contributed by atoms with Gasteiger partial charge in [-0.2, -0.15) is 10.5 Å². The maximum absolute atomic E-state index is 9.43. The number of hydrogen-bond donors (Lipinski definition) is 1. The summed E-state index contributed by atoms with van der Waals surface area (Å²) in [6, 6.07) is 13.4. The first-order chi connectivity index (χ1) is 9.30. The van der Waals surface area contributed by atoms with E-state index in [9.17, 15) is 5.11 Å². The Hall–Kier alpha value is -2.63. The predicted octanol–water partition coefficient (Wildman–Crippen LogP) is 1.58. The molecular weight excluding hydrogens is 240 g/mol. The first kappa shape index (κ1) is 12.8. The van der Waals surface area contributed by atoms with Crippen LogP contribution in [0, 0.1) is 22.7 Å². The average molecular weight is 252 g/mol. The third-order valence-electron chi connectivity index (χ3n) is 2.77. The Kier molecular flexibility index (Phi) is 3.92. The van der Waals surface area contributed by atoms with Crippen molar-refractivity contribution in [3.63, 3.8) is 0 Å². The van der Waals surface area contributed by atoms with Crippen LogP contribution in [0.2, 0.25) is 0 Å². The topological polar surface area (TPSA) is 83.9 Å². The van der Waals surface area contributed by atoms with Gasteiger partial charge in [-0.1, -0.05) is 18.2 Å². The van der Waals surface area contributed by atoms with Crippen LogP contribution in [0.25, 0.3) is 10.9 Å². The molecule has 0 fully saturated rings. The van der Waals surface area contributed by atoms with Gasteiger partial charge in [0.05, 0.1) is 24.3 Å². The Bertz CT molecular complexity index is 653. The first-order valence-corrected chi connectivity index (χ1v) is 5.78. The molecule has 94 valence electrons. The van der Waals surface area contributed by atoms with Gasteiger partial charge in [0.25, 0.3) is 0 Å². The van der Waals surface area contributed by atoms with E-state index in [1.165, 1.54) is 0 Å². The van der Waals surface area contributed by atoms with Crippen LogP contribution in [-0.2, 0) is 6.61 Å². The molecule has 2 rings (SSSR count). The van der Waals surface area contributed by atoms with E-state index in [0.717, 1.165) is 10.9 Å². The zero-order chi connectivity index (χ0) is 13.7. The smallest absolute Gasteiger partial charge is 0.136 e. The SMILES string of the molecule is N#CCN(CC#N)c1nc2ccccc2cc1CO. The lowest BCUT2D eigenvalue weighted by Crippen LogP contribution is -2.26. The van der Waals surface area contributed by atoms with Crippen LogP contribution in [0.1, 0.15) is 5.56 Å². The second kappa shape index (κ2) is 5.81. The van der Waals surface area contributed by atoms with Crippen LogP contribution in [0.3, 0.4) is 0 Å². The lowest BCUT2D eigenvalue weighted by Gasteiger charge is -2.20. The fourth-order valence-electron chi connectivity index (χ4n) is 1.92. The van der Waals surface area contributed by atoms with Crippen molar-refractivity contribution in [3.05, 3.63) is 35.9 Å². The maximum Gasteiger partial charge on any atom is 0.136 e. The van der Waals surface area contributed by atoms with Crippen molar-refractivity contribution in [3.8, 4) is 12.1 Å². The first-order valence-electron chi connectivity index (χ1n) is 5.78. The lowest BCUT2D eigenvalue weighted by molar-refractivity contribution is 0.282. The van der Waals surface area contributed by atoms with Gasteiger partial charge in [0.2, 0.25) is 0 Å². The highest BCUT2D eigenvalue weighted by molar-refractivity contribution is 5.81. The largest absolute Gasteiger partial charge is 0.392 e. The summed E-state index contributed by atoms with van der Waals surface area (Å²) in [5, 5.41) is 28.0. The zero-order valence-electron chi connectivity index (χ0n) is 10.2. The van der Waals surface area contributed by atoms with E-state index < -0.39 is 0 Å². The van der Waals surface area contributed by atoms with E-state index in [-0.39, 0.29) is 19.7 Å². The minimum Gasteiger partial charge on any atom is -0.392 e. The number of aliphatic hydroxyl groups excluding tert-OH is 1. The standard InChI is InChI=1S/C14H12N4O/c15-5-7-18(8-6-16)14-12(10-19)9-11-3-1-2-4-13(11)17-14/h1-4,9,19H,7-8,10H2. The van der Waals surface area contributed by atoms with Gasteiger partial charge in [0.1, 0.15) is 18.9 Å². The number of rotatable bonds is 4. The molecule has 0 amide bonds. The predicted molar refractivity (Wildman–Crippen MR) is 71.1 cm³/mol. The normalized spacial score (nSPS) is 9.84. The highest BCUT2D eigenvalue weighted by atomic mass is 16.3. The number of benzene rings is 1. The number of hydrogen-bond acceptors (Lipinski definition) is 5. The summed E-state index contributed by atoms with van der Waals surface area (Å²) in [5.74, 6) is 0.490. The molecule has 1 heterocycles. The maximum atomic E-state index is 9.43. The molecule has 0 saturated carbocycles. The molecule has 19 heavy (non-hydrogen) atoms. The van der Waals surface area contributed by atoms with Gasteiger partial charge in [0, 0.05) is 10.9 Å². The molecule has 0 radical (unpaired) electrons. The van der Waals surface area contributed by atoms with Crippen LogP contribution < -0.4 is 4.90 Å². The third-order valence-corrected chi connectivity index (χ3v) is 2.77. The molecule has 5 heteroatoms. The summed E-state index contributed by atoms with van der Waals surface area (Å²) in [4.78, 5) is 6.00. The Balaban J connectivity index is 2.57. The molecule has 1 aromatic carbocycles. The molecule has 0 spiro atoms. The minimum atomic E-state index is -0.180. The molecule has 0 saturated heterocycles. The minimum absolute atomic E-state index is 0.0614. The van der Waals surface area contributed by atoms with Crippen molar-refractivity contribution in [2.24, 2.45) is 0 Å². The van der Waals surface area contributed by atoms with E-state index in [4.69, 9.17) is 10.5 Å². The van der Waals surface area contributed by atoms with Crippen LogP contribution in [0.4, 0.5) is 5.82 Å². The number of para-hydroxylation sites is 1. The second-order valence-electron chi connectivity index (χ2n) is 3.99. The Labute approximate surface area is 110 Å². The van der Waals surface area contributed by atoms with Gasteiger partial charge in [0.15, 0.2) is 0 Å². The van der Waals surface area contributed by atoms with Gasteiger partial charge in [-0.25, -0.2) is 4.98 Å². The molecule has 0 bridgehead atoms. The Morgan fingerprint density at radius 3 is 2.47 bits per heavy atom. The fourth-order valence-corrected chi connectivity index (χ4v) is 1.92. The number of fused-ring (bicyclic) bond motifs is 1. The monoisotopic (exact) mass is 252 g/mol. The van der Waals surface area contributed by atoms with E-state index in [2.05, 4.69) is 4.98 Å². The van der Waals surface area contributed by atoms with Crippen molar-refractivity contribution >= 4 is 16.7 Å². The zero-order valence-corrected chi connectivity index (χ0v) is 10.2.